The lowest BCUT2D eigenvalue weighted by molar-refractivity contribution is 0.0543. The normalized spacial score (nSPS) is 27.3. The summed E-state index contributed by atoms with van der Waals surface area (Å²) in [4.78, 5) is 14.9. The largest absolute Gasteiger partial charge is 0.376 e. The molecule has 2 saturated heterocycles. The van der Waals surface area contributed by atoms with Gasteiger partial charge in [0, 0.05) is 13.2 Å². The Hall–Kier alpha value is -1.56. The van der Waals surface area contributed by atoms with Gasteiger partial charge in [0.2, 0.25) is 0 Å². The van der Waals surface area contributed by atoms with E-state index in [1.54, 1.807) is 0 Å². The van der Waals surface area contributed by atoms with Gasteiger partial charge in [0.25, 0.3) is 0 Å². The molecule has 1 aromatic rings. The van der Waals surface area contributed by atoms with Crippen molar-refractivity contribution in [2.75, 3.05) is 18.5 Å². The standard InChI is InChI=1S/C19H30N4O2/c1-2-16-15(13-20-23(16)14-7-3-4-8-14)21-19(24)22-11-5-9-17(22)18-10-6-12-25-18/h13-14,17-18H,2-12H2,1H3,(H,21,24)/t17-,18-/m0/s1. The summed E-state index contributed by atoms with van der Waals surface area (Å²) in [6, 6.07) is 0.753. The van der Waals surface area contributed by atoms with Gasteiger partial charge in [-0.15, -0.1) is 0 Å². The molecule has 0 bridgehead atoms. The molecule has 1 aliphatic carbocycles. The number of likely N-dealkylation sites (tertiary alicyclic amines) is 1. The smallest absolute Gasteiger partial charge is 0.322 e. The highest BCUT2D eigenvalue weighted by Gasteiger charge is 2.37. The number of ether oxygens (including phenoxy) is 1. The first kappa shape index (κ1) is 16.9. The number of aromatic nitrogens is 2. The maximum Gasteiger partial charge on any atom is 0.322 e. The van der Waals surface area contributed by atoms with Gasteiger partial charge in [-0.25, -0.2) is 4.79 Å². The molecule has 1 aromatic heterocycles. The van der Waals surface area contributed by atoms with E-state index >= 15 is 0 Å². The number of hydrogen-bond donors (Lipinski definition) is 1. The summed E-state index contributed by atoms with van der Waals surface area (Å²) >= 11 is 0. The maximum absolute atomic E-state index is 12.9. The van der Waals surface area contributed by atoms with Crippen LogP contribution in [0.2, 0.25) is 0 Å². The van der Waals surface area contributed by atoms with Crippen molar-refractivity contribution >= 4 is 11.7 Å². The molecule has 2 amide bonds. The number of nitrogens with zero attached hydrogens (tertiary/aromatic N) is 3. The lowest BCUT2D eigenvalue weighted by Gasteiger charge is -2.29. The Morgan fingerprint density at radius 2 is 2.08 bits per heavy atom. The Kier molecular flexibility index (Phi) is 4.97. The topological polar surface area (TPSA) is 59.4 Å². The van der Waals surface area contributed by atoms with E-state index in [4.69, 9.17) is 4.74 Å². The van der Waals surface area contributed by atoms with Crippen LogP contribution in [0.3, 0.4) is 0 Å². The second kappa shape index (κ2) is 7.36. The molecule has 1 N–H and O–H groups in total. The van der Waals surface area contributed by atoms with E-state index < -0.39 is 0 Å². The molecule has 0 spiro atoms. The molecule has 1 saturated carbocycles. The molecule has 3 fully saturated rings. The highest BCUT2D eigenvalue weighted by molar-refractivity contribution is 5.90. The minimum atomic E-state index is 0.0127. The van der Waals surface area contributed by atoms with Gasteiger partial charge in [0.1, 0.15) is 0 Å². The molecule has 6 heteroatoms. The van der Waals surface area contributed by atoms with Gasteiger partial charge in [0.15, 0.2) is 0 Å². The summed E-state index contributed by atoms with van der Waals surface area (Å²) in [6.07, 6.45) is 12.2. The van der Waals surface area contributed by atoms with Crippen LogP contribution < -0.4 is 5.32 Å². The number of carbonyl (C=O) groups is 1. The van der Waals surface area contributed by atoms with E-state index in [1.807, 2.05) is 11.1 Å². The van der Waals surface area contributed by atoms with Crippen molar-refractivity contribution in [3.63, 3.8) is 0 Å². The van der Waals surface area contributed by atoms with E-state index in [9.17, 15) is 4.79 Å². The zero-order valence-corrected chi connectivity index (χ0v) is 15.2. The minimum absolute atomic E-state index is 0.0127. The first-order valence-corrected chi connectivity index (χ1v) is 10.0. The second-order valence-electron chi connectivity index (χ2n) is 7.63. The molecule has 25 heavy (non-hydrogen) atoms. The Morgan fingerprint density at radius 3 is 2.80 bits per heavy atom. The third-order valence-corrected chi connectivity index (χ3v) is 6.10. The van der Waals surface area contributed by atoms with Crippen LogP contribution in [-0.2, 0) is 11.2 Å². The number of urea groups is 1. The van der Waals surface area contributed by atoms with Gasteiger partial charge in [0.05, 0.1) is 35.8 Å². The quantitative estimate of drug-likeness (QED) is 0.903. The summed E-state index contributed by atoms with van der Waals surface area (Å²) < 4.78 is 8.00. The molecule has 3 aliphatic rings. The zero-order chi connectivity index (χ0) is 17.2. The van der Waals surface area contributed by atoms with Crippen molar-refractivity contribution in [1.29, 1.82) is 0 Å². The Morgan fingerprint density at radius 1 is 1.24 bits per heavy atom. The average molecular weight is 346 g/mol. The number of nitrogens with one attached hydrogen (secondary N) is 1. The van der Waals surface area contributed by atoms with E-state index in [0.717, 1.165) is 56.6 Å². The van der Waals surface area contributed by atoms with Crippen molar-refractivity contribution in [2.24, 2.45) is 0 Å². The van der Waals surface area contributed by atoms with Crippen molar-refractivity contribution < 1.29 is 9.53 Å². The van der Waals surface area contributed by atoms with Crippen LogP contribution in [0.5, 0.6) is 0 Å². The van der Waals surface area contributed by atoms with Crippen molar-refractivity contribution in [3.05, 3.63) is 11.9 Å². The van der Waals surface area contributed by atoms with Crippen LogP contribution in [-0.4, -0.2) is 46.0 Å². The number of carbonyl (C=O) groups excluding carboxylic acids is 1. The summed E-state index contributed by atoms with van der Waals surface area (Å²) in [5.74, 6) is 0. The number of amides is 2. The maximum atomic E-state index is 12.9. The van der Waals surface area contributed by atoms with Gasteiger partial charge in [-0.3, -0.25) is 4.68 Å². The molecule has 4 rings (SSSR count). The van der Waals surface area contributed by atoms with Crippen LogP contribution in [0, 0.1) is 0 Å². The van der Waals surface area contributed by atoms with Gasteiger partial charge in [-0.1, -0.05) is 19.8 Å². The number of anilines is 1. The predicted octanol–water partition coefficient (Wildman–Crippen LogP) is 3.74. The van der Waals surface area contributed by atoms with Crippen molar-refractivity contribution in [3.8, 4) is 0 Å². The Labute approximate surface area is 149 Å². The third-order valence-electron chi connectivity index (χ3n) is 6.10. The molecule has 2 aliphatic heterocycles. The van der Waals surface area contributed by atoms with Crippen LogP contribution in [0.15, 0.2) is 6.20 Å². The Balaban J connectivity index is 1.46. The lowest BCUT2D eigenvalue weighted by Crippen LogP contribution is -2.44. The summed E-state index contributed by atoms with van der Waals surface area (Å²) in [5.41, 5.74) is 2.05. The van der Waals surface area contributed by atoms with Crippen LogP contribution in [0.1, 0.15) is 70.0 Å². The van der Waals surface area contributed by atoms with E-state index in [1.165, 1.54) is 25.7 Å². The monoisotopic (exact) mass is 346 g/mol. The average Bonchev–Trinajstić information content (AvgIpc) is 3.40. The van der Waals surface area contributed by atoms with Crippen LogP contribution in [0.25, 0.3) is 0 Å². The minimum Gasteiger partial charge on any atom is -0.376 e. The first-order valence-electron chi connectivity index (χ1n) is 10.0. The SMILES string of the molecule is CCc1c(NC(=O)N2CCC[C@H]2[C@@H]2CCCO2)cnn1C1CCCC1. The molecule has 2 atom stereocenters. The highest BCUT2D eigenvalue weighted by atomic mass is 16.5. The van der Waals surface area contributed by atoms with E-state index in [-0.39, 0.29) is 18.2 Å². The predicted molar refractivity (Wildman–Crippen MR) is 96.8 cm³/mol. The van der Waals surface area contributed by atoms with Gasteiger partial charge < -0.3 is 15.0 Å². The lowest BCUT2D eigenvalue weighted by atomic mass is 10.1. The summed E-state index contributed by atoms with van der Waals surface area (Å²) in [6.45, 7) is 3.81. The number of hydrogen-bond acceptors (Lipinski definition) is 3. The molecular formula is C19H30N4O2. The van der Waals surface area contributed by atoms with Crippen LogP contribution >= 0.6 is 0 Å². The van der Waals surface area contributed by atoms with E-state index in [0.29, 0.717) is 6.04 Å². The fourth-order valence-corrected chi connectivity index (χ4v) is 4.83. The fraction of sp³-hybridized carbons (Fsp3) is 0.789. The molecular weight excluding hydrogens is 316 g/mol. The van der Waals surface area contributed by atoms with E-state index in [2.05, 4.69) is 22.0 Å². The van der Waals surface area contributed by atoms with Gasteiger partial charge in [-0.2, -0.15) is 5.10 Å². The molecule has 0 aromatic carbocycles. The molecule has 3 heterocycles. The highest BCUT2D eigenvalue weighted by Crippen LogP contribution is 2.33. The van der Waals surface area contributed by atoms with Crippen LogP contribution in [0.4, 0.5) is 10.5 Å². The van der Waals surface area contributed by atoms with Crippen molar-refractivity contribution in [1.82, 2.24) is 14.7 Å². The molecule has 138 valence electrons. The van der Waals surface area contributed by atoms with Gasteiger partial charge in [-0.05, 0) is 44.9 Å². The van der Waals surface area contributed by atoms with Gasteiger partial charge >= 0.3 is 6.03 Å². The fourth-order valence-electron chi connectivity index (χ4n) is 4.83. The Bertz CT molecular complexity index is 603. The van der Waals surface area contributed by atoms with Crippen molar-refractivity contribution in [2.45, 2.75) is 82.9 Å². The molecule has 0 unspecified atom stereocenters. The first-order chi connectivity index (χ1) is 12.3. The summed E-state index contributed by atoms with van der Waals surface area (Å²) in [5, 5.41) is 7.75. The molecule has 6 nitrogen and oxygen atoms in total. The zero-order valence-electron chi connectivity index (χ0n) is 15.2. The summed E-state index contributed by atoms with van der Waals surface area (Å²) in [7, 11) is 0. The molecule has 0 radical (unpaired) electrons. The third kappa shape index (κ3) is 3.28. The second-order valence-corrected chi connectivity index (χ2v) is 7.63. The number of rotatable bonds is 4.